The summed E-state index contributed by atoms with van der Waals surface area (Å²) in [5.41, 5.74) is 1.02. The number of rotatable bonds is 4. The third-order valence-corrected chi connectivity index (χ3v) is 3.76. The molecular weight excluding hydrogens is 245 g/mol. The molecule has 102 valence electrons. The molecule has 1 aliphatic heterocycles. The largest absolute Gasteiger partial charge is 0.302 e. The second-order valence-corrected chi connectivity index (χ2v) is 5.07. The Morgan fingerprint density at radius 2 is 1.84 bits per heavy atom. The van der Waals surface area contributed by atoms with Gasteiger partial charge in [-0.25, -0.2) is 4.39 Å². The van der Waals surface area contributed by atoms with Crippen molar-refractivity contribution >= 4 is 17.4 Å². The summed E-state index contributed by atoms with van der Waals surface area (Å²) in [6, 6.07) is 2.95. The van der Waals surface area contributed by atoms with Crippen LogP contribution in [-0.2, 0) is 4.79 Å². The molecule has 0 aliphatic carbocycles. The lowest BCUT2D eigenvalue weighted by Crippen LogP contribution is -2.34. The first kappa shape index (κ1) is 13.7. The van der Waals surface area contributed by atoms with Gasteiger partial charge >= 0.3 is 0 Å². The number of hydrogen-bond donors (Lipinski definition) is 0. The van der Waals surface area contributed by atoms with Crippen molar-refractivity contribution in [2.45, 2.75) is 33.6 Å². The predicted octanol–water partition coefficient (Wildman–Crippen LogP) is 3.10. The average molecular weight is 263 g/mol. The van der Waals surface area contributed by atoms with E-state index in [0.29, 0.717) is 12.1 Å². The molecule has 19 heavy (non-hydrogen) atoms. The summed E-state index contributed by atoms with van der Waals surface area (Å²) >= 11 is 0. The lowest BCUT2D eigenvalue weighted by molar-refractivity contribution is -0.114. The molecular formula is C15H18FNO2. The zero-order valence-corrected chi connectivity index (χ0v) is 11.5. The number of benzene rings is 1. The Kier molecular flexibility index (Phi) is 3.69. The maximum absolute atomic E-state index is 14.1. The zero-order valence-electron chi connectivity index (χ0n) is 11.5. The number of halogens is 1. The number of Topliss-reactive ketones (excluding diaryl/α,β-unsaturated/α-hetero) is 1. The molecule has 4 heteroatoms. The van der Waals surface area contributed by atoms with E-state index in [1.54, 1.807) is 13.0 Å². The van der Waals surface area contributed by atoms with Crippen LogP contribution in [0.5, 0.6) is 0 Å². The minimum absolute atomic E-state index is 0.160. The van der Waals surface area contributed by atoms with Crippen LogP contribution in [-0.4, -0.2) is 18.2 Å². The Morgan fingerprint density at radius 1 is 1.21 bits per heavy atom. The Balaban J connectivity index is 2.44. The molecule has 0 spiro atoms. The van der Waals surface area contributed by atoms with E-state index in [-0.39, 0.29) is 17.2 Å². The second-order valence-electron chi connectivity index (χ2n) is 5.07. The first-order chi connectivity index (χ1) is 8.99. The monoisotopic (exact) mass is 263 g/mol. The minimum Gasteiger partial charge on any atom is -0.302 e. The van der Waals surface area contributed by atoms with Crippen LogP contribution >= 0.6 is 0 Å². The van der Waals surface area contributed by atoms with E-state index in [9.17, 15) is 14.0 Å². The van der Waals surface area contributed by atoms with Crippen LogP contribution in [0, 0.1) is 18.7 Å². The smallest absolute Gasteiger partial charge is 0.299 e. The van der Waals surface area contributed by atoms with Crippen molar-refractivity contribution in [3.05, 3.63) is 29.1 Å². The van der Waals surface area contributed by atoms with Crippen molar-refractivity contribution in [1.29, 1.82) is 0 Å². The van der Waals surface area contributed by atoms with Gasteiger partial charge in [0.05, 0.1) is 11.3 Å². The van der Waals surface area contributed by atoms with Gasteiger partial charge in [0.1, 0.15) is 5.82 Å². The molecule has 1 aromatic rings. The lowest BCUT2D eigenvalue weighted by Gasteiger charge is -2.22. The lowest BCUT2D eigenvalue weighted by atomic mass is 10.0. The predicted molar refractivity (Wildman–Crippen MR) is 71.9 cm³/mol. The zero-order chi connectivity index (χ0) is 14.2. The van der Waals surface area contributed by atoms with E-state index in [1.807, 2.05) is 13.8 Å². The summed E-state index contributed by atoms with van der Waals surface area (Å²) in [4.78, 5) is 25.2. The van der Waals surface area contributed by atoms with Gasteiger partial charge in [0, 0.05) is 6.54 Å². The number of ketones is 1. The molecule has 0 N–H and O–H groups in total. The van der Waals surface area contributed by atoms with Crippen LogP contribution in [0.1, 0.15) is 42.6 Å². The summed E-state index contributed by atoms with van der Waals surface area (Å²) < 4.78 is 14.1. The van der Waals surface area contributed by atoms with Crippen LogP contribution in [0.3, 0.4) is 0 Å². The van der Waals surface area contributed by atoms with Gasteiger partial charge in [-0.2, -0.15) is 0 Å². The highest BCUT2D eigenvalue weighted by molar-refractivity contribution is 6.52. The molecule has 0 atom stereocenters. The molecule has 1 aromatic carbocycles. The van der Waals surface area contributed by atoms with Crippen molar-refractivity contribution < 1.29 is 14.0 Å². The van der Waals surface area contributed by atoms with Crippen LogP contribution in [0.4, 0.5) is 10.1 Å². The van der Waals surface area contributed by atoms with Crippen LogP contribution in [0.2, 0.25) is 0 Å². The highest BCUT2D eigenvalue weighted by Gasteiger charge is 2.38. The van der Waals surface area contributed by atoms with Gasteiger partial charge in [-0.3, -0.25) is 9.59 Å². The summed E-state index contributed by atoms with van der Waals surface area (Å²) in [7, 11) is 0. The van der Waals surface area contributed by atoms with Gasteiger partial charge in [0.15, 0.2) is 0 Å². The number of fused-ring (bicyclic) bond motifs is 1. The van der Waals surface area contributed by atoms with Crippen LogP contribution in [0.15, 0.2) is 12.1 Å². The summed E-state index contributed by atoms with van der Waals surface area (Å²) in [5.74, 6) is -1.40. The molecule has 0 unspecified atom stereocenters. The maximum atomic E-state index is 14.1. The number of aryl methyl sites for hydroxylation is 1. The van der Waals surface area contributed by atoms with Crippen LogP contribution in [0.25, 0.3) is 0 Å². The molecule has 0 saturated carbocycles. The van der Waals surface area contributed by atoms with E-state index in [2.05, 4.69) is 0 Å². The molecule has 0 fully saturated rings. The molecule has 1 aliphatic rings. The van der Waals surface area contributed by atoms with Gasteiger partial charge in [0.2, 0.25) is 0 Å². The normalized spacial score (nSPS) is 14.5. The quantitative estimate of drug-likeness (QED) is 0.783. The Bertz CT molecular complexity index is 535. The molecule has 0 bridgehead atoms. The van der Waals surface area contributed by atoms with Crippen molar-refractivity contribution in [2.24, 2.45) is 5.92 Å². The minimum atomic E-state index is -0.605. The number of anilines is 1. The summed E-state index contributed by atoms with van der Waals surface area (Å²) in [6.45, 7) is 6.18. The number of hydrogen-bond acceptors (Lipinski definition) is 2. The van der Waals surface area contributed by atoms with E-state index in [4.69, 9.17) is 0 Å². The molecule has 0 saturated heterocycles. The summed E-state index contributed by atoms with van der Waals surface area (Å²) in [5, 5.41) is 0. The van der Waals surface area contributed by atoms with E-state index in [0.717, 1.165) is 12.8 Å². The number of amides is 1. The van der Waals surface area contributed by atoms with Crippen molar-refractivity contribution in [3.63, 3.8) is 0 Å². The number of carbonyl (C=O) groups is 2. The molecule has 2 rings (SSSR count). The van der Waals surface area contributed by atoms with E-state index < -0.39 is 17.5 Å². The van der Waals surface area contributed by atoms with Crippen molar-refractivity contribution in [2.75, 3.05) is 11.4 Å². The van der Waals surface area contributed by atoms with E-state index >= 15 is 0 Å². The fourth-order valence-corrected chi connectivity index (χ4v) is 2.50. The second kappa shape index (κ2) is 5.11. The number of nitrogens with zero attached hydrogens (tertiary/aromatic N) is 1. The SMILES string of the molecule is CCC(CC)CN1C(=O)C(=O)c2cc(C)cc(F)c21. The molecule has 1 heterocycles. The topological polar surface area (TPSA) is 37.4 Å². The molecule has 0 radical (unpaired) electrons. The number of carbonyl (C=O) groups excluding carboxylic acids is 2. The van der Waals surface area contributed by atoms with Gasteiger partial charge in [-0.1, -0.05) is 26.7 Å². The van der Waals surface area contributed by atoms with Crippen molar-refractivity contribution in [1.82, 2.24) is 0 Å². The van der Waals surface area contributed by atoms with Crippen molar-refractivity contribution in [3.8, 4) is 0 Å². The fraction of sp³-hybridized carbons (Fsp3) is 0.467. The van der Waals surface area contributed by atoms with Gasteiger partial charge in [-0.15, -0.1) is 0 Å². The summed E-state index contributed by atoms with van der Waals surface area (Å²) in [6.07, 6.45) is 1.80. The first-order valence-electron chi connectivity index (χ1n) is 6.65. The van der Waals surface area contributed by atoms with Gasteiger partial charge in [-0.05, 0) is 30.5 Å². The molecule has 1 amide bonds. The molecule has 0 aromatic heterocycles. The van der Waals surface area contributed by atoms with Gasteiger partial charge < -0.3 is 4.90 Å². The Hall–Kier alpha value is -1.71. The van der Waals surface area contributed by atoms with Crippen LogP contribution < -0.4 is 4.90 Å². The average Bonchev–Trinajstić information content (AvgIpc) is 2.61. The maximum Gasteiger partial charge on any atom is 0.299 e. The van der Waals surface area contributed by atoms with Gasteiger partial charge in [0.25, 0.3) is 11.7 Å². The third-order valence-electron chi connectivity index (χ3n) is 3.76. The standard InChI is InChI=1S/C15H18FNO2/c1-4-10(5-2)8-17-13-11(14(18)15(17)19)6-9(3)7-12(13)16/h6-7,10H,4-5,8H2,1-3H3. The third kappa shape index (κ3) is 2.27. The Morgan fingerprint density at radius 3 is 2.42 bits per heavy atom. The Labute approximate surface area is 112 Å². The fourth-order valence-electron chi connectivity index (χ4n) is 2.50. The van der Waals surface area contributed by atoms with E-state index in [1.165, 1.54) is 11.0 Å². The first-order valence-corrected chi connectivity index (χ1v) is 6.65. The highest BCUT2D eigenvalue weighted by atomic mass is 19.1. The molecule has 3 nitrogen and oxygen atoms in total. The highest BCUT2D eigenvalue weighted by Crippen LogP contribution is 2.33.